The molecule has 0 radical (unpaired) electrons. The number of carbonyl (C=O) groups excluding carboxylic acids is 2. The summed E-state index contributed by atoms with van der Waals surface area (Å²) in [6, 6.07) is 7.39. The maximum atomic E-state index is 12.5. The second kappa shape index (κ2) is 5.70. The number of allylic oxidation sites excluding steroid dienone is 3. The fraction of sp³-hybridized carbons (Fsp3) is 0.333. The monoisotopic (exact) mass is 354 g/mol. The van der Waals surface area contributed by atoms with Gasteiger partial charge in [-0.1, -0.05) is 36.7 Å². The number of esters is 1. The van der Waals surface area contributed by atoms with Crippen molar-refractivity contribution in [1.29, 1.82) is 0 Å². The summed E-state index contributed by atoms with van der Waals surface area (Å²) in [5, 5.41) is 0.663. The van der Waals surface area contributed by atoms with Crippen LogP contribution >= 0.6 is 11.6 Å². The van der Waals surface area contributed by atoms with Crippen LogP contribution in [0, 0.1) is 11.3 Å². The average molecular weight is 355 g/mol. The molecule has 1 saturated carbocycles. The molecular formula is C21H19ClO3. The van der Waals surface area contributed by atoms with Crippen LogP contribution in [0.3, 0.4) is 0 Å². The third-order valence-corrected chi connectivity index (χ3v) is 5.93. The molecule has 1 aromatic carbocycles. The number of carbonyl (C=O) groups is 2. The molecule has 0 amide bonds. The van der Waals surface area contributed by atoms with E-state index in [4.69, 9.17) is 16.3 Å². The van der Waals surface area contributed by atoms with Gasteiger partial charge in [-0.2, -0.15) is 0 Å². The van der Waals surface area contributed by atoms with Gasteiger partial charge in [-0.05, 0) is 55.2 Å². The van der Waals surface area contributed by atoms with Crippen LogP contribution in [-0.2, 0) is 14.3 Å². The van der Waals surface area contributed by atoms with Crippen LogP contribution < -0.4 is 0 Å². The highest BCUT2D eigenvalue weighted by molar-refractivity contribution is 6.30. The van der Waals surface area contributed by atoms with Crippen LogP contribution in [0.5, 0.6) is 0 Å². The Morgan fingerprint density at radius 2 is 1.96 bits per heavy atom. The number of ether oxygens (including phenoxy) is 1. The predicted molar refractivity (Wildman–Crippen MR) is 97.0 cm³/mol. The topological polar surface area (TPSA) is 43.4 Å². The summed E-state index contributed by atoms with van der Waals surface area (Å²) in [6.45, 7) is 3.97. The van der Waals surface area contributed by atoms with Gasteiger partial charge in [0.25, 0.3) is 0 Å². The number of rotatable bonds is 1. The molecule has 4 heteroatoms. The lowest BCUT2D eigenvalue weighted by Crippen LogP contribution is -2.39. The first-order chi connectivity index (χ1) is 11.9. The molecule has 1 aromatic rings. The van der Waals surface area contributed by atoms with Crippen molar-refractivity contribution in [2.75, 3.05) is 0 Å². The Hall–Kier alpha value is -2.13. The van der Waals surface area contributed by atoms with Crippen LogP contribution in [0.15, 0.2) is 53.1 Å². The van der Waals surface area contributed by atoms with E-state index in [-0.39, 0.29) is 29.2 Å². The Morgan fingerprint density at radius 1 is 1.24 bits per heavy atom. The van der Waals surface area contributed by atoms with Gasteiger partial charge in [0.1, 0.15) is 6.10 Å². The fourth-order valence-corrected chi connectivity index (χ4v) is 4.42. The molecule has 3 aliphatic rings. The minimum Gasteiger partial charge on any atom is -0.454 e. The lowest BCUT2D eigenvalue weighted by Gasteiger charge is -2.42. The van der Waals surface area contributed by atoms with E-state index in [1.807, 2.05) is 31.2 Å². The highest BCUT2D eigenvalue weighted by Crippen LogP contribution is 2.53. The van der Waals surface area contributed by atoms with Crippen molar-refractivity contribution in [2.45, 2.75) is 32.8 Å². The van der Waals surface area contributed by atoms with Crippen molar-refractivity contribution in [3.63, 3.8) is 0 Å². The van der Waals surface area contributed by atoms with E-state index in [9.17, 15) is 9.59 Å². The summed E-state index contributed by atoms with van der Waals surface area (Å²) in [4.78, 5) is 24.7. The number of halogens is 1. The molecule has 25 heavy (non-hydrogen) atoms. The molecule has 2 aliphatic carbocycles. The van der Waals surface area contributed by atoms with Crippen LogP contribution in [0.1, 0.15) is 32.3 Å². The molecule has 1 heterocycles. The van der Waals surface area contributed by atoms with Gasteiger partial charge >= 0.3 is 5.97 Å². The second-order valence-corrected chi connectivity index (χ2v) is 7.71. The Labute approximate surface area is 152 Å². The van der Waals surface area contributed by atoms with Crippen molar-refractivity contribution >= 4 is 29.4 Å². The number of benzene rings is 1. The van der Waals surface area contributed by atoms with E-state index >= 15 is 0 Å². The van der Waals surface area contributed by atoms with E-state index < -0.39 is 0 Å². The van der Waals surface area contributed by atoms with Gasteiger partial charge in [0, 0.05) is 27.5 Å². The molecule has 0 bridgehead atoms. The number of fused-ring (bicyclic) bond motifs is 3. The van der Waals surface area contributed by atoms with Gasteiger partial charge in [0.05, 0.1) is 0 Å². The maximum Gasteiger partial charge on any atom is 0.335 e. The highest BCUT2D eigenvalue weighted by atomic mass is 35.5. The van der Waals surface area contributed by atoms with Crippen molar-refractivity contribution in [2.24, 2.45) is 11.3 Å². The summed E-state index contributed by atoms with van der Waals surface area (Å²) in [5.41, 5.74) is 3.12. The van der Waals surface area contributed by atoms with E-state index in [2.05, 4.69) is 6.92 Å². The van der Waals surface area contributed by atoms with Gasteiger partial charge in [0.2, 0.25) is 0 Å². The van der Waals surface area contributed by atoms with Crippen molar-refractivity contribution in [3.05, 3.63) is 63.7 Å². The Morgan fingerprint density at radius 3 is 2.68 bits per heavy atom. The van der Waals surface area contributed by atoms with Crippen molar-refractivity contribution in [1.82, 2.24) is 0 Å². The first-order valence-electron chi connectivity index (χ1n) is 8.52. The molecule has 128 valence electrons. The van der Waals surface area contributed by atoms with Gasteiger partial charge in [-0.25, -0.2) is 4.79 Å². The molecular weight excluding hydrogens is 336 g/mol. The Kier molecular flexibility index (Phi) is 3.73. The maximum absolute atomic E-state index is 12.5. The summed E-state index contributed by atoms with van der Waals surface area (Å²) in [7, 11) is 0. The van der Waals surface area contributed by atoms with Crippen LogP contribution in [0.2, 0.25) is 5.02 Å². The number of ketones is 1. The van der Waals surface area contributed by atoms with E-state index in [1.54, 1.807) is 18.2 Å². The first kappa shape index (κ1) is 16.3. The lowest BCUT2D eigenvalue weighted by atomic mass is 9.62. The standard InChI is InChI=1S/C21H19ClO3/c1-12-17(23)8-10-21(2)9-7-15-16(20(24)25-19(15)18(12)21)11-13-3-5-14(22)6-4-13/h3-6,8,10-11,15,19H,7,9H2,1-2H3/b16-11+/t15-,19-,21-/m0/s1. The quantitative estimate of drug-likeness (QED) is 0.550. The summed E-state index contributed by atoms with van der Waals surface area (Å²) >= 11 is 5.93. The first-order valence-corrected chi connectivity index (χ1v) is 8.90. The highest BCUT2D eigenvalue weighted by Gasteiger charge is 2.51. The van der Waals surface area contributed by atoms with Crippen molar-refractivity contribution < 1.29 is 14.3 Å². The van der Waals surface area contributed by atoms with Crippen molar-refractivity contribution in [3.8, 4) is 0 Å². The zero-order chi connectivity index (χ0) is 17.8. The molecule has 0 aromatic heterocycles. The predicted octanol–water partition coefficient (Wildman–Crippen LogP) is 4.52. The third-order valence-electron chi connectivity index (χ3n) is 5.68. The van der Waals surface area contributed by atoms with Crippen LogP contribution in [0.4, 0.5) is 0 Å². The molecule has 0 spiro atoms. The van der Waals surface area contributed by atoms with E-state index in [1.165, 1.54) is 0 Å². The molecule has 0 unspecified atom stereocenters. The zero-order valence-corrected chi connectivity index (χ0v) is 15.0. The second-order valence-electron chi connectivity index (χ2n) is 7.28. The molecule has 4 rings (SSSR count). The minimum atomic E-state index is -0.335. The van der Waals surface area contributed by atoms with Gasteiger partial charge in [-0.15, -0.1) is 0 Å². The molecule has 3 atom stereocenters. The van der Waals surface area contributed by atoms with Gasteiger partial charge < -0.3 is 4.74 Å². The smallest absolute Gasteiger partial charge is 0.335 e. The minimum absolute atomic E-state index is 0.000466. The Balaban J connectivity index is 1.75. The zero-order valence-electron chi connectivity index (χ0n) is 14.2. The largest absolute Gasteiger partial charge is 0.454 e. The summed E-state index contributed by atoms with van der Waals surface area (Å²) < 4.78 is 5.75. The van der Waals surface area contributed by atoms with Gasteiger partial charge in [-0.3, -0.25) is 4.79 Å². The molecule has 0 N–H and O–H groups in total. The lowest BCUT2D eigenvalue weighted by molar-refractivity contribution is -0.138. The van der Waals surface area contributed by atoms with Gasteiger partial charge in [0.15, 0.2) is 5.78 Å². The van der Waals surface area contributed by atoms with E-state index in [0.29, 0.717) is 10.6 Å². The summed E-state index contributed by atoms with van der Waals surface area (Å²) in [6.07, 6.45) is 6.95. The number of hydrogen-bond donors (Lipinski definition) is 0. The summed E-state index contributed by atoms with van der Waals surface area (Å²) in [5.74, 6) is -0.267. The molecule has 1 saturated heterocycles. The molecule has 2 fully saturated rings. The van der Waals surface area contributed by atoms with Crippen LogP contribution in [-0.4, -0.2) is 17.9 Å². The third kappa shape index (κ3) is 2.58. The number of hydrogen-bond acceptors (Lipinski definition) is 3. The SMILES string of the molecule is CC1=C2[C@H]3OC(=O)/C(=C/c4ccc(Cl)cc4)[C@@H]3CC[C@@]2(C)C=CC1=O. The van der Waals surface area contributed by atoms with E-state index in [0.717, 1.165) is 29.6 Å². The average Bonchev–Trinajstić information content (AvgIpc) is 2.89. The normalized spacial score (nSPS) is 32.7. The molecule has 1 aliphatic heterocycles. The fourth-order valence-electron chi connectivity index (χ4n) is 4.30. The molecule has 3 nitrogen and oxygen atoms in total. The van der Waals surface area contributed by atoms with Crippen LogP contribution in [0.25, 0.3) is 6.08 Å². The Bertz CT molecular complexity index is 860.